The quantitative estimate of drug-likeness (QED) is 0.550. The zero-order valence-corrected chi connectivity index (χ0v) is 19.6. The molecule has 31 heavy (non-hydrogen) atoms. The first-order valence-electron chi connectivity index (χ1n) is 10.5. The number of rotatable bonds is 10. The van der Waals surface area contributed by atoms with Gasteiger partial charge in [0.2, 0.25) is 5.91 Å². The number of benzene rings is 1. The first-order valence-corrected chi connectivity index (χ1v) is 11.3. The summed E-state index contributed by atoms with van der Waals surface area (Å²) in [5.74, 6) is -0.178. The highest BCUT2D eigenvalue weighted by molar-refractivity contribution is 7.09. The molecule has 0 aliphatic carbocycles. The molecule has 2 atom stereocenters. The number of hydrogen-bond donors (Lipinski definition) is 2. The normalized spacial score (nSPS) is 13.0. The van der Waals surface area contributed by atoms with E-state index in [9.17, 15) is 14.4 Å². The molecular formula is C23H32N4O3S. The van der Waals surface area contributed by atoms with E-state index in [4.69, 9.17) is 0 Å². The summed E-state index contributed by atoms with van der Waals surface area (Å²) in [7, 11) is 1.67. The van der Waals surface area contributed by atoms with Gasteiger partial charge in [0, 0.05) is 18.3 Å². The summed E-state index contributed by atoms with van der Waals surface area (Å²) >= 11 is 1.58. The minimum Gasteiger partial charge on any atom is -0.344 e. The lowest BCUT2D eigenvalue weighted by atomic mass is 10.0. The van der Waals surface area contributed by atoms with Crippen molar-refractivity contribution in [2.45, 2.75) is 58.7 Å². The van der Waals surface area contributed by atoms with Crippen LogP contribution in [-0.2, 0) is 22.6 Å². The van der Waals surface area contributed by atoms with Gasteiger partial charge in [0.05, 0.1) is 23.3 Å². The molecule has 0 saturated heterocycles. The van der Waals surface area contributed by atoms with E-state index in [1.807, 2.05) is 49.6 Å². The lowest BCUT2D eigenvalue weighted by Gasteiger charge is -2.26. The molecule has 0 bridgehead atoms. The van der Waals surface area contributed by atoms with Crippen LogP contribution in [0.25, 0.3) is 0 Å². The predicted molar refractivity (Wildman–Crippen MR) is 123 cm³/mol. The minimum absolute atomic E-state index is 0.145. The van der Waals surface area contributed by atoms with Gasteiger partial charge in [-0.1, -0.05) is 58.0 Å². The molecule has 0 spiro atoms. The Morgan fingerprint density at radius 3 is 2.35 bits per heavy atom. The molecule has 1 aromatic heterocycles. The number of carbonyl (C=O) groups excluding carboxylic acids is 3. The first-order chi connectivity index (χ1) is 14.7. The summed E-state index contributed by atoms with van der Waals surface area (Å²) in [6, 6.07) is 7.71. The van der Waals surface area contributed by atoms with Gasteiger partial charge in [-0.05, 0) is 17.9 Å². The molecule has 168 valence electrons. The van der Waals surface area contributed by atoms with Gasteiger partial charge in [-0.3, -0.25) is 4.79 Å². The maximum atomic E-state index is 12.8. The van der Waals surface area contributed by atoms with Crippen molar-refractivity contribution < 1.29 is 14.4 Å². The van der Waals surface area contributed by atoms with Crippen LogP contribution in [0.15, 0.2) is 35.7 Å². The van der Waals surface area contributed by atoms with Gasteiger partial charge >= 0.3 is 6.03 Å². The monoisotopic (exact) mass is 444 g/mol. The number of nitrogens with zero attached hydrogens (tertiary/aromatic N) is 2. The Morgan fingerprint density at radius 1 is 1.13 bits per heavy atom. The number of thiazole rings is 1. The second-order valence-corrected chi connectivity index (χ2v) is 9.19. The Labute approximate surface area is 188 Å². The molecule has 3 amide bonds. The fourth-order valence-corrected chi connectivity index (χ4v) is 3.85. The maximum absolute atomic E-state index is 12.8. The Bertz CT molecular complexity index is 867. The van der Waals surface area contributed by atoms with E-state index in [0.29, 0.717) is 18.9 Å². The van der Waals surface area contributed by atoms with Crippen LogP contribution in [0.4, 0.5) is 4.79 Å². The first kappa shape index (κ1) is 24.5. The molecule has 0 radical (unpaired) electrons. The van der Waals surface area contributed by atoms with E-state index < -0.39 is 12.1 Å². The van der Waals surface area contributed by atoms with Crippen molar-refractivity contribution in [3.8, 4) is 0 Å². The van der Waals surface area contributed by atoms with Crippen molar-refractivity contribution in [3.63, 3.8) is 0 Å². The number of hydrogen-bond acceptors (Lipinski definition) is 5. The molecule has 7 nitrogen and oxygen atoms in total. The SMILES string of the molecule is CC(C)c1nc(CN(C)C(=O)NC(C(=O)N[C@H](C=O)Cc2ccccc2)C(C)C)cs1. The molecule has 8 heteroatoms. The van der Waals surface area contributed by atoms with E-state index in [0.717, 1.165) is 22.6 Å². The zero-order chi connectivity index (χ0) is 23.0. The summed E-state index contributed by atoms with van der Waals surface area (Å²) in [5.41, 5.74) is 1.77. The van der Waals surface area contributed by atoms with E-state index in [2.05, 4.69) is 29.5 Å². The van der Waals surface area contributed by atoms with Gasteiger partial charge in [-0.2, -0.15) is 0 Å². The van der Waals surface area contributed by atoms with Crippen LogP contribution in [0.5, 0.6) is 0 Å². The van der Waals surface area contributed by atoms with Crippen LogP contribution in [-0.4, -0.2) is 47.2 Å². The van der Waals surface area contributed by atoms with Gasteiger partial charge in [-0.25, -0.2) is 9.78 Å². The Balaban J connectivity index is 1.97. The van der Waals surface area contributed by atoms with Crippen molar-refractivity contribution in [3.05, 3.63) is 52.0 Å². The third kappa shape index (κ3) is 7.47. The van der Waals surface area contributed by atoms with Crippen LogP contribution in [0.2, 0.25) is 0 Å². The Morgan fingerprint density at radius 2 is 1.81 bits per heavy atom. The summed E-state index contributed by atoms with van der Waals surface area (Å²) in [4.78, 5) is 43.1. The number of nitrogens with one attached hydrogen (secondary N) is 2. The van der Waals surface area contributed by atoms with Crippen LogP contribution in [0.1, 0.15) is 49.9 Å². The third-order valence-corrected chi connectivity index (χ3v) is 6.02. The number of aromatic nitrogens is 1. The molecule has 0 saturated carbocycles. The summed E-state index contributed by atoms with van der Waals surface area (Å²) < 4.78 is 0. The number of aldehydes is 1. The van der Waals surface area contributed by atoms with E-state index >= 15 is 0 Å². The highest BCUT2D eigenvalue weighted by Crippen LogP contribution is 2.19. The molecule has 0 aliphatic heterocycles. The topological polar surface area (TPSA) is 91.4 Å². The van der Waals surface area contributed by atoms with Crippen LogP contribution >= 0.6 is 11.3 Å². The highest BCUT2D eigenvalue weighted by atomic mass is 32.1. The molecule has 1 unspecified atom stereocenters. The van der Waals surface area contributed by atoms with Gasteiger partial charge in [0.25, 0.3) is 0 Å². The molecular weight excluding hydrogens is 412 g/mol. The predicted octanol–water partition coefficient (Wildman–Crippen LogP) is 3.36. The fraction of sp³-hybridized carbons (Fsp3) is 0.478. The molecule has 1 aromatic carbocycles. The molecule has 0 fully saturated rings. The van der Waals surface area contributed by atoms with Crippen LogP contribution < -0.4 is 10.6 Å². The number of carbonyl (C=O) groups is 3. The van der Waals surface area contributed by atoms with Crippen LogP contribution in [0, 0.1) is 5.92 Å². The Hall–Kier alpha value is -2.74. The van der Waals surface area contributed by atoms with Crippen LogP contribution in [0.3, 0.4) is 0 Å². The molecule has 0 aliphatic rings. The Kier molecular flexibility index (Phi) is 9.18. The van der Waals surface area contributed by atoms with Gasteiger partial charge < -0.3 is 20.3 Å². The lowest BCUT2D eigenvalue weighted by Crippen LogP contribution is -2.55. The van der Waals surface area contributed by atoms with Crippen molar-refractivity contribution in [1.29, 1.82) is 0 Å². The lowest BCUT2D eigenvalue weighted by molar-refractivity contribution is -0.126. The fourth-order valence-electron chi connectivity index (χ4n) is 3.03. The summed E-state index contributed by atoms with van der Waals surface area (Å²) in [6.45, 7) is 8.22. The highest BCUT2D eigenvalue weighted by Gasteiger charge is 2.27. The average Bonchev–Trinajstić information content (AvgIpc) is 3.20. The largest absolute Gasteiger partial charge is 0.344 e. The van der Waals surface area contributed by atoms with Gasteiger partial charge in [0.1, 0.15) is 12.3 Å². The standard InChI is InChI=1S/C23H32N4O3S/c1-15(2)20(21(29)24-18(13-28)11-17-9-7-6-8-10-17)26-23(30)27(5)12-19-14-31-22(25-19)16(3)4/h6-10,13-16,18,20H,11-12H2,1-5H3,(H,24,29)(H,26,30)/t18-,20?/m0/s1. The minimum atomic E-state index is -0.755. The van der Waals surface area contributed by atoms with Gasteiger partial charge in [0.15, 0.2) is 0 Å². The molecule has 2 rings (SSSR count). The van der Waals surface area contributed by atoms with E-state index in [1.165, 1.54) is 4.90 Å². The maximum Gasteiger partial charge on any atom is 0.318 e. The molecule has 1 heterocycles. The van der Waals surface area contributed by atoms with E-state index in [-0.39, 0.29) is 17.9 Å². The summed E-state index contributed by atoms with van der Waals surface area (Å²) in [5, 5.41) is 8.53. The van der Waals surface area contributed by atoms with Crippen molar-refractivity contribution in [1.82, 2.24) is 20.5 Å². The molecule has 2 aromatic rings. The number of amides is 3. The number of urea groups is 1. The van der Waals surface area contributed by atoms with Gasteiger partial charge in [-0.15, -0.1) is 11.3 Å². The van der Waals surface area contributed by atoms with Crippen molar-refractivity contribution in [2.24, 2.45) is 5.92 Å². The third-order valence-electron chi connectivity index (χ3n) is 4.83. The van der Waals surface area contributed by atoms with Crippen molar-refractivity contribution >= 4 is 29.6 Å². The second-order valence-electron chi connectivity index (χ2n) is 8.30. The molecule has 2 N–H and O–H groups in total. The van der Waals surface area contributed by atoms with E-state index in [1.54, 1.807) is 18.4 Å². The second kappa shape index (κ2) is 11.6. The zero-order valence-electron chi connectivity index (χ0n) is 18.8. The smallest absolute Gasteiger partial charge is 0.318 e. The average molecular weight is 445 g/mol. The van der Waals surface area contributed by atoms with Crippen molar-refractivity contribution in [2.75, 3.05) is 7.05 Å². The summed E-state index contributed by atoms with van der Waals surface area (Å²) in [6.07, 6.45) is 1.13.